The SMILES string of the molecule is CC(C)(C)OC(=O)N1CCCC1c1ncc(-c2ccc(I)c(-c3ccc(F)cc3)c2)[nH]1. The van der Waals surface area contributed by atoms with Crippen LogP contribution in [0.3, 0.4) is 0 Å². The normalized spacial score (nSPS) is 16.5. The van der Waals surface area contributed by atoms with Crippen LogP contribution in [0.1, 0.15) is 45.5 Å². The first kappa shape index (κ1) is 21.8. The van der Waals surface area contributed by atoms with Crippen LogP contribution in [0.15, 0.2) is 48.7 Å². The average Bonchev–Trinajstić information content (AvgIpc) is 3.37. The van der Waals surface area contributed by atoms with Gasteiger partial charge in [0.05, 0.1) is 17.9 Å². The molecule has 0 spiro atoms. The molecule has 1 fully saturated rings. The summed E-state index contributed by atoms with van der Waals surface area (Å²) in [5, 5.41) is 0. The van der Waals surface area contributed by atoms with E-state index in [-0.39, 0.29) is 18.0 Å². The molecule has 2 heterocycles. The Bertz CT molecular complexity index is 1090. The molecule has 0 aliphatic carbocycles. The maximum Gasteiger partial charge on any atom is 0.410 e. The Balaban J connectivity index is 1.59. The number of nitrogens with one attached hydrogen (secondary N) is 1. The second-order valence-corrected chi connectivity index (χ2v) is 9.88. The number of imidazole rings is 1. The molecule has 162 valence electrons. The lowest BCUT2D eigenvalue weighted by Crippen LogP contribution is -2.36. The van der Waals surface area contributed by atoms with Crippen LogP contribution in [-0.2, 0) is 4.74 Å². The van der Waals surface area contributed by atoms with Crippen molar-refractivity contribution in [1.29, 1.82) is 0 Å². The summed E-state index contributed by atoms with van der Waals surface area (Å²) in [6.07, 6.45) is 3.26. The molecule has 31 heavy (non-hydrogen) atoms. The highest BCUT2D eigenvalue weighted by atomic mass is 127. The predicted octanol–water partition coefficient (Wildman–Crippen LogP) is 6.56. The highest BCUT2D eigenvalue weighted by molar-refractivity contribution is 14.1. The summed E-state index contributed by atoms with van der Waals surface area (Å²) in [6, 6.07) is 12.5. The highest BCUT2D eigenvalue weighted by Crippen LogP contribution is 2.34. The maximum atomic E-state index is 13.3. The van der Waals surface area contributed by atoms with Crippen molar-refractivity contribution in [2.24, 2.45) is 0 Å². The van der Waals surface area contributed by atoms with Crippen LogP contribution < -0.4 is 0 Å². The Labute approximate surface area is 195 Å². The summed E-state index contributed by atoms with van der Waals surface area (Å²) in [7, 11) is 0. The minimum absolute atomic E-state index is 0.121. The smallest absolute Gasteiger partial charge is 0.410 e. The van der Waals surface area contributed by atoms with Crippen LogP contribution in [0, 0.1) is 9.39 Å². The number of hydrogen-bond donors (Lipinski definition) is 1. The molecule has 3 aromatic rings. The van der Waals surface area contributed by atoms with Crippen molar-refractivity contribution in [1.82, 2.24) is 14.9 Å². The zero-order valence-electron chi connectivity index (χ0n) is 17.8. The second-order valence-electron chi connectivity index (χ2n) is 8.72. The number of H-pyrrole nitrogens is 1. The van der Waals surface area contributed by atoms with E-state index in [9.17, 15) is 9.18 Å². The van der Waals surface area contributed by atoms with Crippen LogP contribution in [0.2, 0.25) is 0 Å². The topological polar surface area (TPSA) is 58.2 Å². The number of likely N-dealkylation sites (tertiary alicyclic amines) is 1. The molecule has 1 unspecified atom stereocenters. The molecule has 1 amide bonds. The van der Waals surface area contributed by atoms with E-state index >= 15 is 0 Å². The fraction of sp³-hybridized carbons (Fsp3) is 0.333. The number of aromatic nitrogens is 2. The fourth-order valence-corrected chi connectivity index (χ4v) is 4.43. The number of rotatable bonds is 3. The molecule has 1 aliphatic heterocycles. The van der Waals surface area contributed by atoms with E-state index in [0.717, 1.165) is 44.6 Å². The maximum absolute atomic E-state index is 13.3. The third kappa shape index (κ3) is 4.92. The van der Waals surface area contributed by atoms with Crippen molar-refractivity contribution in [3.05, 3.63) is 63.9 Å². The van der Waals surface area contributed by atoms with Gasteiger partial charge in [0.15, 0.2) is 0 Å². The lowest BCUT2D eigenvalue weighted by Gasteiger charge is -2.27. The molecule has 1 atom stereocenters. The standard InChI is InChI=1S/C24H25FIN3O2/c1-24(2,3)31-23(30)29-12-4-5-21(29)22-27-14-20(28-22)16-8-11-19(26)18(13-16)15-6-9-17(25)10-7-15/h6-11,13-14,21H,4-5,12H2,1-3H3,(H,27,28). The number of carbonyl (C=O) groups is 1. The van der Waals surface area contributed by atoms with Gasteiger partial charge in [0.2, 0.25) is 0 Å². The quantitative estimate of drug-likeness (QED) is 0.388. The number of ether oxygens (including phenoxy) is 1. The molecule has 5 nitrogen and oxygen atoms in total. The van der Waals surface area contributed by atoms with Crippen molar-refractivity contribution in [2.75, 3.05) is 6.54 Å². The van der Waals surface area contributed by atoms with Gasteiger partial charge >= 0.3 is 6.09 Å². The van der Waals surface area contributed by atoms with E-state index in [0.29, 0.717) is 6.54 Å². The summed E-state index contributed by atoms with van der Waals surface area (Å²) in [6.45, 7) is 6.28. The summed E-state index contributed by atoms with van der Waals surface area (Å²) in [5.41, 5.74) is 3.33. The van der Waals surface area contributed by atoms with Crippen LogP contribution >= 0.6 is 22.6 Å². The first-order valence-electron chi connectivity index (χ1n) is 10.3. The van der Waals surface area contributed by atoms with Crippen LogP contribution in [-0.4, -0.2) is 33.1 Å². The molecule has 1 aliphatic rings. The van der Waals surface area contributed by atoms with Crippen molar-refractivity contribution in [3.8, 4) is 22.4 Å². The number of amides is 1. The molecule has 1 N–H and O–H groups in total. The number of nitrogens with zero attached hydrogens (tertiary/aromatic N) is 2. The average molecular weight is 533 g/mol. The number of benzene rings is 2. The van der Waals surface area contributed by atoms with E-state index in [1.807, 2.05) is 32.9 Å². The Morgan fingerprint density at radius 1 is 1.19 bits per heavy atom. The first-order valence-corrected chi connectivity index (χ1v) is 11.4. The molecule has 1 aromatic heterocycles. The Kier molecular flexibility index (Phi) is 6.05. The Morgan fingerprint density at radius 3 is 2.61 bits per heavy atom. The number of halogens is 2. The third-order valence-corrected chi connectivity index (χ3v) is 6.17. The third-order valence-electron chi connectivity index (χ3n) is 5.22. The predicted molar refractivity (Wildman–Crippen MR) is 127 cm³/mol. The molecule has 7 heteroatoms. The lowest BCUT2D eigenvalue weighted by molar-refractivity contribution is 0.0218. The fourth-order valence-electron chi connectivity index (χ4n) is 3.79. The molecule has 0 saturated carbocycles. The zero-order chi connectivity index (χ0) is 22.2. The van der Waals surface area contributed by atoms with Gasteiger partial charge in [-0.05, 0) is 91.6 Å². The first-order chi connectivity index (χ1) is 14.7. The van der Waals surface area contributed by atoms with Crippen molar-refractivity contribution in [3.63, 3.8) is 0 Å². The summed E-state index contributed by atoms with van der Waals surface area (Å²) >= 11 is 2.29. The summed E-state index contributed by atoms with van der Waals surface area (Å²) in [5.74, 6) is 0.513. The monoisotopic (exact) mass is 533 g/mol. The van der Waals surface area contributed by atoms with Crippen LogP contribution in [0.4, 0.5) is 9.18 Å². The van der Waals surface area contributed by atoms with Crippen LogP contribution in [0.5, 0.6) is 0 Å². The molecule has 1 saturated heterocycles. The van der Waals surface area contributed by atoms with E-state index in [4.69, 9.17) is 4.74 Å². The van der Waals surface area contributed by atoms with Gasteiger partial charge in [-0.1, -0.05) is 18.2 Å². The van der Waals surface area contributed by atoms with E-state index in [1.165, 1.54) is 12.1 Å². The molecule has 0 bridgehead atoms. The molecular weight excluding hydrogens is 508 g/mol. The second kappa shape index (κ2) is 8.61. The lowest BCUT2D eigenvalue weighted by atomic mass is 10.0. The molecular formula is C24H25FIN3O2. The van der Waals surface area contributed by atoms with Gasteiger partial charge in [0, 0.05) is 15.7 Å². The van der Waals surface area contributed by atoms with Crippen molar-refractivity contribution in [2.45, 2.75) is 45.3 Å². The van der Waals surface area contributed by atoms with Gasteiger partial charge in [0.1, 0.15) is 17.2 Å². The molecule has 0 radical (unpaired) electrons. The molecule has 4 rings (SSSR count). The van der Waals surface area contributed by atoms with Crippen LogP contribution in [0.25, 0.3) is 22.4 Å². The van der Waals surface area contributed by atoms with Crippen molar-refractivity contribution < 1.29 is 13.9 Å². The summed E-state index contributed by atoms with van der Waals surface area (Å²) < 4.78 is 20.0. The van der Waals surface area contributed by atoms with E-state index < -0.39 is 5.60 Å². The van der Waals surface area contributed by atoms with E-state index in [2.05, 4.69) is 38.6 Å². The van der Waals surface area contributed by atoms with Gasteiger partial charge in [-0.2, -0.15) is 0 Å². The zero-order valence-corrected chi connectivity index (χ0v) is 19.9. The minimum atomic E-state index is -0.531. The van der Waals surface area contributed by atoms with Gasteiger partial charge in [-0.3, -0.25) is 4.90 Å². The van der Waals surface area contributed by atoms with Crippen molar-refractivity contribution >= 4 is 28.7 Å². The van der Waals surface area contributed by atoms with Gasteiger partial charge in [-0.25, -0.2) is 14.2 Å². The summed E-state index contributed by atoms with van der Waals surface area (Å²) in [4.78, 5) is 22.4. The number of hydrogen-bond acceptors (Lipinski definition) is 3. The van der Waals surface area contributed by atoms with Gasteiger partial charge in [0.25, 0.3) is 0 Å². The number of aromatic amines is 1. The minimum Gasteiger partial charge on any atom is -0.444 e. The Morgan fingerprint density at radius 2 is 1.90 bits per heavy atom. The number of carbonyl (C=O) groups excluding carboxylic acids is 1. The Hall–Kier alpha value is -2.42. The molecule has 2 aromatic carbocycles. The van der Waals surface area contributed by atoms with E-state index in [1.54, 1.807) is 23.2 Å². The highest BCUT2D eigenvalue weighted by Gasteiger charge is 2.34. The van der Waals surface area contributed by atoms with Gasteiger partial charge in [-0.15, -0.1) is 0 Å². The largest absolute Gasteiger partial charge is 0.444 e. The van der Waals surface area contributed by atoms with Gasteiger partial charge < -0.3 is 9.72 Å².